The molecule has 0 unspecified atom stereocenters. The van der Waals surface area contributed by atoms with Crippen molar-refractivity contribution in [3.05, 3.63) is 16.8 Å². The number of nitrogen functional groups attached to an aromatic ring is 1. The number of rotatable bonds is 3. The van der Waals surface area contributed by atoms with Crippen LogP contribution in [0.2, 0.25) is 0 Å². The molecule has 1 aromatic heterocycles. The van der Waals surface area contributed by atoms with E-state index in [1.165, 1.54) is 6.92 Å². The molecule has 0 bridgehead atoms. The summed E-state index contributed by atoms with van der Waals surface area (Å²) in [6, 6.07) is 0. The number of aromatic amines is 1. The first kappa shape index (κ1) is 11.3. The Bertz CT molecular complexity index is 407. The summed E-state index contributed by atoms with van der Waals surface area (Å²) in [6.07, 6.45) is 0. The SMILES string of the molecule is CCOC(=O)c1c(N)[nH]c(C)c1C(C)=O. The predicted molar refractivity (Wildman–Crippen MR) is 55.9 cm³/mol. The predicted octanol–water partition coefficient (Wildman–Crippen LogP) is 1.28. The average molecular weight is 210 g/mol. The third kappa shape index (κ3) is 2.01. The van der Waals surface area contributed by atoms with Crippen LogP contribution in [0, 0.1) is 6.92 Å². The summed E-state index contributed by atoms with van der Waals surface area (Å²) in [5.41, 5.74) is 6.64. The van der Waals surface area contributed by atoms with Gasteiger partial charge in [0.05, 0.1) is 12.2 Å². The van der Waals surface area contributed by atoms with Gasteiger partial charge in [0.1, 0.15) is 11.4 Å². The number of nitrogens with one attached hydrogen (secondary N) is 1. The molecule has 15 heavy (non-hydrogen) atoms. The van der Waals surface area contributed by atoms with Crippen molar-refractivity contribution in [1.29, 1.82) is 0 Å². The van der Waals surface area contributed by atoms with E-state index in [2.05, 4.69) is 4.98 Å². The van der Waals surface area contributed by atoms with Crippen LogP contribution in [0.1, 0.15) is 40.3 Å². The number of anilines is 1. The Morgan fingerprint density at radius 2 is 2.00 bits per heavy atom. The van der Waals surface area contributed by atoms with Crippen LogP contribution in [-0.4, -0.2) is 23.3 Å². The molecule has 3 N–H and O–H groups in total. The number of ketones is 1. The minimum Gasteiger partial charge on any atom is -0.462 e. The van der Waals surface area contributed by atoms with Crippen molar-refractivity contribution in [3.8, 4) is 0 Å². The molecule has 0 aromatic carbocycles. The first-order valence-corrected chi connectivity index (χ1v) is 4.65. The van der Waals surface area contributed by atoms with Crippen molar-refractivity contribution in [2.45, 2.75) is 20.8 Å². The zero-order valence-electron chi connectivity index (χ0n) is 9.01. The highest BCUT2D eigenvalue weighted by Crippen LogP contribution is 2.22. The van der Waals surface area contributed by atoms with Gasteiger partial charge < -0.3 is 15.5 Å². The molecule has 5 heteroatoms. The van der Waals surface area contributed by atoms with Crippen molar-refractivity contribution < 1.29 is 14.3 Å². The normalized spacial score (nSPS) is 10.1. The Labute approximate surface area is 87.6 Å². The first-order valence-electron chi connectivity index (χ1n) is 4.65. The van der Waals surface area contributed by atoms with Crippen molar-refractivity contribution in [2.75, 3.05) is 12.3 Å². The number of Topliss-reactive ketones (excluding diaryl/α,β-unsaturated/α-hetero) is 1. The van der Waals surface area contributed by atoms with Crippen LogP contribution in [0.15, 0.2) is 0 Å². The van der Waals surface area contributed by atoms with Crippen LogP contribution >= 0.6 is 0 Å². The second-order valence-electron chi connectivity index (χ2n) is 3.19. The Hall–Kier alpha value is -1.78. The standard InChI is InChI=1S/C10H14N2O3/c1-4-15-10(14)8-7(6(3)13)5(2)12-9(8)11/h12H,4,11H2,1-3H3. The molecule has 0 radical (unpaired) electrons. The van der Waals surface area contributed by atoms with Gasteiger partial charge in [0.15, 0.2) is 5.78 Å². The average Bonchev–Trinajstić information content (AvgIpc) is 2.41. The lowest BCUT2D eigenvalue weighted by Gasteiger charge is -2.02. The molecule has 0 aliphatic carbocycles. The second kappa shape index (κ2) is 4.16. The molecule has 0 atom stereocenters. The molecule has 1 aromatic rings. The fraction of sp³-hybridized carbons (Fsp3) is 0.400. The van der Waals surface area contributed by atoms with E-state index in [0.717, 1.165) is 0 Å². The van der Waals surface area contributed by atoms with E-state index < -0.39 is 5.97 Å². The number of carbonyl (C=O) groups is 2. The summed E-state index contributed by atoms with van der Waals surface area (Å²) in [4.78, 5) is 25.6. The summed E-state index contributed by atoms with van der Waals surface area (Å²) in [7, 11) is 0. The number of aryl methyl sites for hydroxylation is 1. The molecule has 5 nitrogen and oxygen atoms in total. The Kier molecular flexibility index (Phi) is 3.14. The lowest BCUT2D eigenvalue weighted by molar-refractivity contribution is 0.0525. The van der Waals surface area contributed by atoms with Crippen LogP contribution in [0.3, 0.4) is 0 Å². The zero-order valence-corrected chi connectivity index (χ0v) is 9.01. The minimum absolute atomic E-state index is 0.141. The van der Waals surface area contributed by atoms with Crippen LogP contribution in [0.5, 0.6) is 0 Å². The lowest BCUT2D eigenvalue weighted by atomic mass is 10.1. The van der Waals surface area contributed by atoms with Crippen molar-refractivity contribution >= 4 is 17.6 Å². The Morgan fingerprint density at radius 1 is 1.40 bits per heavy atom. The van der Waals surface area contributed by atoms with Gasteiger partial charge in [-0.25, -0.2) is 4.79 Å². The molecular formula is C10H14N2O3. The van der Waals surface area contributed by atoms with E-state index in [4.69, 9.17) is 10.5 Å². The third-order valence-corrected chi connectivity index (χ3v) is 2.05. The van der Waals surface area contributed by atoms with Gasteiger partial charge in [0.2, 0.25) is 0 Å². The van der Waals surface area contributed by atoms with E-state index in [1.807, 2.05) is 0 Å². The number of hydrogen-bond donors (Lipinski definition) is 2. The molecule has 0 saturated heterocycles. The van der Waals surface area contributed by atoms with Gasteiger partial charge in [-0.3, -0.25) is 4.79 Å². The molecule has 0 fully saturated rings. The van der Waals surface area contributed by atoms with Crippen molar-refractivity contribution in [1.82, 2.24) is 4.98 Å². The van der Waals surface area contributed by atoms with E-state index in [-0.39, 0.29) is 23.8 Å². The molecular weight excluding hydrogens is 196 g/mol. The number of hydrogen-bond acceptors (Lipinski definition) is 4. The zero-order chi connectivity index (χ0) is 11.6. The molecule has 0 aliphatic rings. The largest absolute Gasteiger partial charge is 0.462 e. The number of carbonyl (C=O) groups excluding carboxylic acids is 2. The van der Waals surface area contributed by atoms with E-state index >= 15 is 0 Å². The molecule has 82 valence electrons. The van der Waals surface area contributed by atoms with Crippen molar-refractivity contribution in [3.63, 3.8) is 0 Å². The number of ether oxygens (including phenoxy) is 1. The van der Waals surface area contributed by atoms with Crippen molar-refractivity contribution in [2.24, 2.45) is 0 Å². The van der Waals surface area contributed by atoms with E-state index in [1.54, 1.807) is 13.8 Å². The van der Waals surface area contributed by atoms with Crippen LogP contribution in [0.4, 0.5) is 5.82 Å². The van der Waals surface area contributed by atoms with E-state index in [9.17, 15) is 9.59 Å². The minimum atomic E-state index is -0.565. The third-order valence-electron chi connectivity index (χ3n) is 2.05. The van der Waals surface area contributed by atoms with Gasteiger partial charge in [-0.2, -0.15) is 0 Å². The monoisotopic (exact) mass is 210 g/mol. The number of nitrogens with two attached hydrogens (primary N) is 1. The summed E-state index contributed by atoms with van der Waals surface area (Å²) < 4.78 is 4.82. The topological polar surface area (TPSA) is 85.2 Å². The number of aromatic nitrogens is 1. The van der Waals surface area contributed by atoms with Gasteiger partial charge in [-0.1, -0.05) is 0 Å². The smallest absolute Gasteiger partial charge is 0.342 e. The summed E-state index contributed by atoms with van der Waals surface area (Å²) >= 11 is 0. The van der Waals surface area contributed by atoms with Gasteiger partial charge in [-0.05, 0) is 20.8 Å². The molecule has 1 heterocycles. The maximum Gasteiger partial charge on any atom is 0.342 e. The molecule has 0 saturated carbocycles. The van der Waals surface area contributed by atoms with Crippen LogP contribution in [-0.2, 0) is 4.74 Å². The second-order valence-corrected chi connectivity index (χ2v) is 3.19. The summed E-state index contributed by atoms with van der Waals surface area (Å²) in [5.74, 6) is -0.593. The summed E-state index contributed by atoms with van der Waals surface area (Å²) in [6.45, 7) is 5.02. The number of H-pyrrole nitrogens is 1. The molecule has 0 amide bonds. The fourth-order valence-corrected chi connectivity index (χ4v) is 1.50. The van der Waals surface area contributed by atoms with Gasteiger partial charge >= 0.3 is 5.97 Å². The quantitative estimate of drug-likeness (QED) is 0.581. The Balaban J connectivity index is 3.26. The lowest BCUT2D eigenvalue weighted by Crippen LogP contribution is -2.10. The van der Waals surface area contributed by atoms with Crippen LogP contribution < -0.4 is 5.73 Å². The van der Waals surface area contributed by atoms with Gasteiger partial charge in [-0.15, -0.1) is 0 Å². The maximum absolute atomic E-state index is 11.5. The van der Waals surface area contributed by atoms with Crippen LogP contribution in [0.25, 0.3) is 0 Å². The first-order chi connectivity index (χ1) is 6.99. The van der Waals surface area contributed by atoms with E-state index in [0.29, 0.717) is 11.3 Å². The Morgan fingerprint density at radius 3 is 2.47 bits per heavy atom. The maximum atomic E-state index is 11.5. The highest BCUT2D eigenvalue weighted by Gasteiger charge is 2.23. The highest BCUT2D eigenvalue weighted by molar-refractivity contribution is 6.09. The van der Waals surface area contributed by atoms with Gasteiger partial charge in [0.25, 0.3) is 0 Å². The molecule has 1 rings (SSSR count). The van der Waals surface area contributed by atoms with Gasteiger partial charge in [0, 0.05) is 5.69 Å². The summed E-state index contributed by atoms with van der Waals surface area (Å²) in [5, 5.41) is 0. The molecule has 0 aliphatic heterocycles. The molecule has 0 spiro atoms. The fourth-order valence-electron chi connectivity index (χ4n) is 1.50. The highest BCUT2D eigenvalue weighted by atomic mass is 16.5. The number of esters is 1.